The Labute approximate surface area is 137 Å². The zero-order valence-electron chi connectivity index (χ0n) is 12.2. The Morgan fingerprint density at radius 2 is 1.95 bits per heavy atom. The zero-order chi connectivity index (χ0) is 15.5. The molecule has 0 saturated heterocycles. The molecule has 112 valence electrons. The van der Waals surface area contributed by atoms with Crippen molar-refractivity contribution in [2.45, 2.75) is 19.8 Å². The summed E-state index contributed by atoms with van der Waals surface area (Å²) in [5, 5.41) is 0.941. The third kappa shape index (κ3) is 3.22. The molecule has 0 saturated carbocycles. The highest BCUT2D eigenvalue weighted by Gasteiger charge is 2.09. The normalized spacial score (nSPS) is 10.8. The lowest BCUT2D eigenvalue weighted by molar-refractivity contribution is -0.133. The van der Waals surface area contributed by atoms with Crippen molar-refractivity contribution in [2.24, 2.45) is 0 Å². The Morgan fingerprint density at radius 1 is 1.18 bits per heavy atom. The monoisotopic (exact) mass is 357 g/mol. The molecule has 3 rings (SSSR count). The molecule has 0 radical (unpaired) electrons. The van der Waals surface area contributed by atoms with Crippen LogP contribution in [0.5, 0.6) is 5.75 Å². The van der Waals surface area contributed by atoms with Gasteiger partial charge in [0.15, 0.2) is 0 Å². The highest BCUT2D eigenvalue weighted by molar-refractivity contribution is 9.10. The van der Waals surface area contributed by atoms with E-state index in [1.165, 1.54) is 5.56 Å². The number of H-pyrrole nitrogens is 1. The number of carbonyl (C=O) groups excluding carboxylic acids is 1. The number of carbonyl (C=O) groups is 1. The fourth-order valence-electron chi connectivity index (χ4n) is 2.39. The Kier molecular flexibility index (Phi) is 4.29. The minimum Gasteiger partial charge on any atom is -0.426 e. The number of fused-ring (bicyclic) bond motifs is 1. The predicted molar refractivity (Wildman–Crippen MR) is 91.2 cm³/mol. The number of esters is 1. The van der Waals surface area contributed by atoms with Crippen LogP contribution in [-0.2, 0) is 11.2 Å². The van der Waals surface area contributed by atoms with Crippen LogP contribution in [-0.4, -0.2) is 11.0 Å². The predicted octanol–water partition coefficient (Wildman–Crippen LogP) is 4.84. The maximum atomic E-state index is 11.5. The van der Waals surface area contributed by atoms with Crippen LogP contribution in [0.4, 0.5) is 0 Å². The van der Waals surface area contributed by atoms with E-state index in [2.05, 4.69) is 39.1 Å². The van der Waals surface area contributed by atoms with Crippen LogP contribution in [0.15, 0.2) is 53.0 Å². The summed E-state index contributed by atoms with van der Waals surface area (Å²) >= 11 is 3.44. The van der Waals surface area contributed by atoms with Crippen molar-refractivity contribution in [2.75, 3.05) is 0 Å². The molecule has 1 N–H and O–H groups in total. The van der Waals surface area contributed by atoms with E-state index in [0.29, 0.717) is 12.2 Å². The number of nitrogens with one attached hydrogen (secondary N) is 1. The van der Waals surface area contributed by atoms with Gasteiger partial charge in [-0.25, -0.2) is 0 Å². The van der Waals surface area contributed by atoms with Gasteiger partial charge in [-0.3, -0.25) is 4.79 Å². The van der Waals surface area contributed by atoms with Crippen LogP contribution < -0.4 is 4.74 Å². The van der Waals surface area contributed by atoms with Crippen molar-refractivity contribution in [1.29, 1.82) is 0 Å². The minimum atomic E-state index is -0.219. The lowest BCUT2D eigenvalue weighted by atomic mass is 10.1. The van der Waals surface area contributed by atoms with Gasteiger partial charge < -0.3 is 9.72 Å². The summed E-state index contributed by atoms with van der Waals surface area (Å²) < 4.78 is 6.46. The van der Waals surface area contributed by atoms with Crippen molar-refractivity contribution in [1.82, 2.24) is 4.98 Å². The van der Waals surface area contributed by atoms with Crippen LogP contribution in [0.3, 0.4) is 0 Å². The molecule has 22 heavy (non-hydrogen) atoms. The minimum absolute atomic E-state index is 0.219. The molecule has 0 aliphatic heterocycles. The fraction of sp³-hybridized carbons (Fsp3) is 0.167. The van der Waals surface area contributed by atoms with E-state index in [4.69, 9.17) is 4.74 Å². The van der Waals surface area contributed by atoms with Crippen LogP contribution in [0, 0.1) is 0 Å². The Balaban J connectivity index is 1.90. The van der Waals surface area contributed by atoms with E-state index in [0.717, 1.165) is 27.5 Å². The molecule has 0 amide bonds. The summed E-state index contributed by atoms with van der Waals surface area (Å²) in [5.41, 5.74) is 3.30. The first-order valence-corrected chi connectivity index (χ1v) is 8.00. The second-order valence-corrected chi connectivity index (χ2v) is 6.06. The summed E-state index contributed by atoms with van der Waals surface area (Å²) in [5.74, 6) is 0.394. The van der Waals surface area contributed by atoms with Gasteiger partial charge in [-0.2, -0.15) is 0 Å². The molecule has 0 fully saturated rings. The van der Waals surface area contributed by atoms with Gasteiger partial charge >= 0.3 is 5.97 Å². The van der Waals surface area contributed by atoms with Crippen molar-refractivity contribution < 1.29 is 9.53 Å². The number of aromatic nitrogens is 1. The number of ether oxygens (including phenoxy) is 1. The van der Waals surface area contributed by atoms with Gasteiger partial charge in [0.05, 0.1) is 0 Å². The molecule has 2 aromatic carbocycles. The number of rotatable bonds is 4. The molecule has 0 atom stereocenters. The quantitative estimate of drug-likeness (QED) is 0.536. The number of benzene rings is 2. The summed E-state index contributed by atoms with van der Waals surface area (Å²) in [7, 11) is 0. The molecule has 0 unspecified atom stereocenters. The molecule has 0 bridgehead atoms. The van der Waals surface area contributed by atoms with Crippen molar-refractivity contribution in [3.63, 3.8) is 0 Å². The summed E-state index contributed by atoms with van der Waals surface area (Å²) in [6.07, 6.45) is 1.18. The van der Waals surface area contributed by atoms with Gasteiger partial charge in [-0.15, -0.1) is 0 Å². The first-order chi connectivity index (χ1) is 10.7. The maximum Gasteiger partial charge on any atom is 0.310 e. The molecular formula is C18H16BrNO2. The summed E-state index contributed by atoms with van der Waals surface area (Å²) in [4.78, 5) is 14.9. The third-order valence-corrected chi connectivity index (χ3v) is 4.03. The first kappa shape index (κ1) is 14.9. The smallest absolute Gasteiger partial charge is 0.310 e. The van der Waals surface area contributed by atoms with Crippen LogP contribution in [0.2, 0.25) is 0 Å². The van der Waals surface area contributed by atoms with Gasteiger partial charge in [0.1, 0.15) is 5.75 Å². The average Bonchev–Trinajstić information content (AvgIpc) is 2.93. The molecule has 1 heterocycles. The van der Waals surface area contributed by atoms with Crippen molar-refractivity contribution in [3.8, 4) is 5.75 Å². The van der Waals surface area contributed by atoms with Crippen LogP contribution >= 0.6 is 15.9 Å². The molecule has 1 aromatic heterocycles. The summed E-state index contributed by atoms with van der Waals surface area (Å²) in [6, 6.07) is 16.0. The lowest BCUT2D eigenvalue weighted by Crippen LogP contribution is -2.05. The van der Waals surface area contributed by atoms with Crippen molar-refractivity contribution >= 4 is 32.8 Å². The number of hydrogen-bond acceptors (Lipinski definition) is 2. The first-order valence-electron chi connectivity index (χ1n) is 7.21. The second kappa shape index (κ2) is 6.36. The molecule has 0 spiro atoms. The van der Waals surface area contributed by atoms with Gasteiger partial charge in [0.25, 0.3) is 0 Å². The zero-order valence-corrected chi connectivity index (χ0v) is 13.8. The largest absolute Gasteiger partial charge is 0.426 e. The van der Waals surface area contributed by atoms with Gasteiger partial charge in [0, 0.05) is 33.9 Å². The average molecular weight is 358 g/mol. The highest BCUT2D eigenvalue weighted by atomic mass is 79.9. The second-order valence-electron chi connectivity index (χ2n) is 5.14. The van der Waals surface area contributed by atoms with E-state index in [-0.39, 0.29) is 5.97 Å². The van der Waals surface area contributed by atoms with E-state index in [9.17, 15) is 4.79 Å². The van der Waals surface area contributed by atoms with Crippen LogP contribution in [0.25, 0.3) is 10.9 Å². The van der Waals surface area contributed by atoms with E-state index >= 15 is 0 Å². The lowest BCUT2D eigenvalue weighted by Gasteiger charge is -2.03. The van der Waals surface area contributed by atoms with Crippen LogP contribution in [0.1, 0.15) is 24.6 Å². The standard InChI is InChI=1S/C18H16BrNO2/c1-2-18(21)22-17-5-3-4-16-15(17)11-14(20-16)10-12-6-8-13(19)9-7-12/h3-9,11,20H,2,10H2,1H3. The molecule has 0 aliphatic rings. The van der Waals surface area contributed by atoms with Gasteiger partial charge in [-0.1, -0.05) is 41.1 Å². The third-order valence-electron chi connectivity index (χ3n) is 3.50. The van der Waals surface area contributed by atoms with E-state index < -0.39 is 0 Å². The van der Waals surface area contributed by atoms with Gasteiger partial charge in [0.2, 0.25) is 0 Å². The van der Waals surface area contributed by atoms with E-state index in [1.54, 1.807) is 6.92 Å². The van der Waals surface area contributed by atoms with E-state index in [1.807, 2.05) is 30.3 Å². The topological polar surface area (TPSA) is 42.1 Å². The molecule has 4 heteroatoms. The Morgan fingerprint density at radius 3 is 2.68 bits per heavy atom. The number of halogens is 1. The highest BCUT2D eigenvalue weighted by Crippen LogP contribution is 2.27. The van der Waals surface area contributed by atoms with Gasteiger partial charge in [-0.05, 0) is 35.9 Å². The summed E-state index contributed by atoms with van der Waals surface area (Å²) in [6.45, 7) is 1.79. The SMILES string of the molecule is CCC(=O)Oc1cccc2[nH]c(Cc3ccc(Br)cc3)cc12. The number of aromatic amines is 1. The Hall–Kier alpha value is -2.07. The number of hydrogen-bond donors (Lipinski definition) is 1. The molecular weight excluding hydrogens is 342 g/mol. The fourth-order valence-corrected chi connectivity index (χ4v) is 2.65. The maximum absolute atomic E-state index is 11.5. The van der Waals surface area contributed by atoms with Crippen molar-refractivity contribution in [3.05, 3.63) is 64.3 Å². The molecule has 3 aromatic rings. The molecule has 0 aliphatic carbocycles. The molecule has 3 nitrogen and oxygen atoms in total. The Bertz CT molecular complexity index is 806.